The van der Waals surface area contributed by atoms with Crippen LogP contribution in [0.5, 0.6) is 0 Å². The number of anilines is 3. The van der Waals surface area contributed by atoms with E-state index >= 15 is 0 Å². The van der Waals surface area contributed by atoms with Crippen molar-refractivity contribution in [3.63, 3.8) is 0 Å². The molecule has 0 bridgehead atoms. The van der Waals surface area contributed by atoms with E-state index in [0.717, 1.165) is 33.3 Å². The Kier molecular flexibility index (Phi) is 6.20. The van der Waals surface area contributed by atoms with Crippen LogP contribution in [0.15, 0.2) is 168 Å². The van der Waals surface area contributed by atoms with Crippen LogP contribution in [-0.4, -0.2) is 0 Å². The Morgan fingerprint density at radius 2 is 1.02 bits per heavy atom. The second kappa shape index (κ2) is 10.6. The lowest BCUT2D eigenvalue weighted by atomic mass is 9.82. The minimum Gasteiger partial charge on any atom is -0.456 e. The van der Waals surface area contributed by atoms with Crippen LogP contribution in [0.1, 0.15) is 25.0 Å². The van der Waals surface area contributed by atoms with Crippen LogP contribution in [0.2, 0.25) is 0 Å². The third-order valence-corrected chi connectivity index (χ3v) is 9.89. The van der Waals surface area contributed by atoms with Crippen molar-refractivity contribution < 1.29 is 4.42 Å². The highest BCUT2D eigenvalue weighted by atomic mass is 16.3. The number of rotatable bonds is 5. The monoisotopic (exact) mass is 603 g/mol. The summed E-state index contributed by atoms with van der Waals surface area (Å²) in [4.78, 5) is 2.42. The molecule has 1 aliphatic rings. The maximum atomic E-state index is 6.10. The summed E-state index contributed by atoms with van der Waals surface area (Å²) in [5, 5.41) is 2.29. The zero-order valence-electron chi connectivity index (χ0n) is 26.4. The van der Waals surface area contributed by atoms with Crippen molar-refractivity contribution in [2.24, 2.45) is 0 Å². The van der Waals surface area contributed by atoms with Gasteiger partial charge in [-0.2, -0.15) is 0 Å². The van der Waals surface area contributed by atoms with Gasteiger partial charge in [0.05, 0.1) is 5.69 Å². The largest absolute Gasteiger partial charge is 0.456 e. The number of benzene rings is 7. The van der Waals surface area contributed by atoms with E-state index in [1.807, 2.05) is 12.1 Å². The minimum atomic E-state index is -0.0788. The topological polar surface area (TPSA) is 16.4 Å². The molecule has 0 fully saturated rings. The quantitative estimate of drug-likeness (QED) is 0.195. The summed E-state index contributed by atoms with van der Waals surface area (Å²) >= 11 is 0. The Morgan fingerprint density at radius 3 is 1.79 bits per heavy atom. The zero-order chi connectivity index (χ0) is 31.5. The van der Waals surface area contributed by atoms with Crippen LogP contribution >= 0.6 is 0 Å². The summed E-state index contributed by atoms with van der Waals surface area (Å²) in [6.07, 6.45) is 0. The fourth-order valence-electron chi connectivity index (χ4n) is 7.49. The summed E-state index contributed by atoms with van der Waals surface area (Å²) in [7, 11) is 0. The number of fused-ring (bicyclic) bond motifs is 6. The smallest absolute Gasteiger partial charge is 0.135 e. The molecule has 0 aliphatic heterocycles. The number of nitrogens with zero attached hydrogens (tertiary/aromatic N) is 1. The number of hydrogen-bond donors (Lipinski definition) is 0. The van der Waals surface area contributed by atoms with Gasteiger partial charge in [0.1, 0.15) is 11.2 Å². The van der Waals surface area contributed by atoms with E-state index < -0.39 is 0 Å². The van der Waals surface area contributed by atoms with E-state index in [4.69, 9.17) is 4.42 Å². The van der Waals surface area contributed by atoms with Gasteiger partial charge >= 0.3 is 0 Å². The highest BCUT2D eigenvalue weighted by Gasteiger charge is 2.37. The van der Waals surface area contributed by atoms with Gasteiger partial charge in [-0.3, -0.25) is 0 Å². The molecule has 0 amide bonds. The Hall–Kier alpha value is -5.86. The normalized spacial score (nSPS) is 13.1. The average Bonchev–Trinajstić information content (AvgIpc) is 3.61. The predicted octanol–water partition coefficient (Wildman–Crippen LogP) is 12.7. The number of furan rings is 1. The lowest BCUT2D eigenvalue weighted by Gasteiger charge is -2.29. The highest BCUT2D eigenvalue weighted by molar-refractivity contribution is 6.06. The fraction of sp³-hybridized carbons (Fsp3) is 0.0667. The van der Waals surface area contributed by atoms with Crippen molar-refractivity contribution >= 4 is 39.0 Å². The van der Waals surface area contributed by atoms with Gasteiger partial charge in [-0.25, -0.2) is 0 Å². The number of hydrogen-bond acceptors (Lipinski definition) is 2. The lowest BCUT2D eigenvalue weighted by Crippen LogP contribution is -2.16. The first-order chi connectivity index (χ1) is 23.1. The molecule has 0 atom stereocenters. The van der Waals surface area contributed by atoms with Gasteiger partial charge in [0.25, 0.3) is 0 Å². The van der Waals surface area contributed by atoms with E-state index in [9.17, 15) is 0 Å². The Labute approximate surface area is 275 Å². The molecular weight excluding hydrogens is 571 g/mol. The first-order valence-electron chi connectivity index (χ1n) is 16.3. The Balaban J connectivity index is 1.18. The molecule has 0 saturated heterocycles. The number of para-hydroxylation sites is 1. The van der Waals surface area contributed by atoms with Crippen LogP contribution in [0.3, 0.4) is 0 Å². The summed E-state index contributed by atoms with van der Waals surface area (Å²) in [5.74, 6) is 0. The fourth-order valence-corrected chi connectivity index (χ4v) is 7.49. The van der Waals surface area contributed by atoms with Crippen molar-refractivity contribution in [1.82, 2.24) is 0 Å². The maximum absolute atomic E-state index is 6.10. The van der Waals surface area contributed by atoms with Crippen LogP contribution in [0, 0.1) is 0 Å². The molecule has 47 heavy (non-hydrogen) atoms. The standard InChI is InChI=1S/C45H33NO/c1-45(2)39-15-8-6-14-37(39)44-40(45)16-10-17-41(44)46(34-24-19-31(20-25-34)30-11-4-3-5-12-30)35-26-21-32(22-27-35)33-23-28-43-38(29-33)36-13-7-9-18-42(36)47-43/h3-29H,1-2H3. The first-order valence-corrected chi connectivity index (χ1v) is 16.3. The van der Waals surface area contributed by atoms with Gasteiger partial charge in [0, 0.05) is 33.1 Å². The van der Waals surface area contributed by atoms with Gasteiger partial charge in [-0.15, -0.1) is 0 Å². The Bertz CT molecular complexity index is 2410. The third kappa shape index (κ3) is 4.40. The van der Waals surface area contributed by atoms with Gasteiger partial charge in [-0.05, 0) is 87.5 Å². The molecule has 0 radical (unpaired) electrons. The van der Waals surface area contributed by atoms with Crippen molar-refractivity contribution in [3.05, 3.63) is 175 Å². The van der Waals surface area contributed by atoms with E-state index in [1.165, 1.54) is 50.2 Å². The molecule has 1 aliphatic carbocycles. The summed E-state index contributed by atoms with van der Waals surface area (Å²) in [6.45, 7) is 4.69. The lowest BCUT2D eigenvalue weighted by molar-refractivity contribution is 0.660. The molecule has 0 N–H and O–H groups in total. The van der Waals surface area contributed by atoms with Crippen LogP contribution in [0.25, 0.3) is 55.3 Å². The molecule has 0 spiro atoms. The van der Waals surface area contributed by atoms with Crippen molar-refractivity contribution in [1.29, 1.82) is 0 Å². The molecule has 9 rings (SSSR count). The summed E-state index contributed by atoms with van der Waals surface area (Å²) < 4.78 is 6.10. The molecule has 2 nitrogen and oxygen atoms in total. The molecule has 8 aromatic rings. The molecule has 1 heterocycles. The van der Waals surface area contributed by atoms with E-state index in [2.05, 4.69) is 170 Å². The molecular formula is C45H33NO. The molecule has 7 aromatic carbocycles. The predicted molar refractivity (Wildman–Crippen MR) is 197 cm³/mol. The van der Waals surface area contributed by atoms with Gasteiger partial charge in [0.15, 0.2) is 0 Å². The molecule has 224 valence electrons. The maximum Gasteiger partial charge on any atom is 0.135 e. The van der Waals surface area contributed by atoms with E-state index in [1.54, 1.807) is 0 Å². The Morgan fingerprint density at radius 1 is 0.447 bits per heavy atom. The second-order valence-corrected chi connectivity index (χ2v) is 13.0. The van der Waals surface area contributed by atoms with Crippen LogP contribution in [0.4, 0.5) is 17.1 Å². The second-order valence-electron chi connectivity index (χ2n) is 13.0. The SMILES string of the molecule is CC1(C)c2ccccc2-c2c(N(c3ccc(-c4ccccc4)cc3)c3ccc(-c4ccc5oc6ccccc6c5c4)cc3)cccc21. The third-order valence-electron chi connectivity index (χ3n) is 9.89. The molecule has 2 heteroatoms. The van der Waals surface area contributed by atoms with Crippen LogP contribution in [-0.2, 0) is 5.41 Å². The summed E-state index contributed by atoms with van der Waals surface area (Å²) in [6, 6.07) is 59.0. The molecule has 1 aromatic heterocycles. The average molecular weight is 604 g/mol. The van der Waals surface area contributed by atoms with Crippen molar-refractivity contribution in [3.8, 4) is 33.4 Å². The first kappa shape index (κ1) is 27.5. The van der Waals surface area contributed by atoms with Crippen LogP contribution < -0.4 is 4.90 Å². The molecule has 0 unspecified atom stereocenters. The van der Waals surface area contributed by atoms with Gasteiger partial charge in [-0.1, -0.05) is 129 Å². The zero-order valence-corrected chi connectivity index (χ0v) is 26.4. The summed E-state index contributed by atoms with van der Waals surface area (Å²) in [5.41, 5.74) is 15.3. The van der Waals surface area contributed by atoms with Gasteiger partial charge < -0.3 is 9.32 Å². The molecule has 0 saturated carbocycles. The van der Waals surface area contributed by atoms with Gasteiger partial charge in [0.2, 0.25) is 0 Å². The van der Waals surface area contributed by atoms with E-state index in [-0.39, 0.29) is 5.41 Å². The van der Waals surface area contributed by atoms with E-state index in [0.29, 0.717) is 0 Å². The van der Waals surface area contributed by atoms with Crippen molar-refractivity contribution in [2.45, 2.75) is 19.3 Å². The highest BCUT2D eigenvalue weighted by Crippen LogP contribution is 2.54. The minimum absolute atomic E-state index is 0.0788. The van der Waals surface area contributed by atoms with Crippen molar-refractivity contribution in [2.75, 3.05) is 4.90 Å².